The highest BCUT2D eigenvalue weighted by Gasteiger charge is 2.42. The molecule has 17 rings (SSSR count). The van der Waals surface area contributed by atoms with E-state index < -0.39 is 35.5 Å². The molecule has 14 nitrogen and oxygen atoms in total. The fourth-order valence-electron chi connectivity index (χ4n) is 12.5. The number of anilines is 2. The van der Waals surface area contributed by atoms with E-state index >= 15 is 0 Å². The van der Waals surface area contributed by atoms with E-state index in [9.17, 15) is 24.0 Å². The minimum absolute atomic E-state index is 0. The molecule has 22 heteroatoms. The van der Waals surface area contributed by atoms with E-state index in [1.165, 1.54) is 104 Å². The Labute approximate surface area is 632 Å². The second-order valence-electron chi connectivity index (χ2n) is 24.2. The van der Waals surface area contributed by atoms with Gasteiger partial charge in [0.1, 0.15) is 4.99 Å². The number of carbonyl (C=O) groups is 5. The second-order valence-corrected chi connectivity index (χ2v) is 29.7. The van der Waals surface area contributed by atoms with Gasteiger partial charge in [0.25, 0.3) is 17.5 Å². The molecule has 5 N–H and O–H groups in total. The van der Waals surface area contributed by atoms with Gasteiger partial charge in [-0.25, -0.2) is 19.2 Å². The zero-order chi connectivity index (χ0) is 68.8. The van der Waals surface area contributed by atoms with Crippen LogP contribution in [0.4, 0.5) is 17.1 Å². The lowest BCUT2D eigenvalue weighted by Gasteiger charge is -2.29. The summed E-state index contributed by atoms with van der Waals surface area (Å²) in [6, 6.07) is 49.6. The molecule has 5 aliphatic heterocycles. The quantitative estimate of drug-likeness (QED) is 0.0475. The van der Waals surface area contributed by atoms with Crippen LogP contribution in [-0.2, 0) is 38.1 Å². The summed E-state index contributed by atoms with van der Waals surface area (Å²) in [5.41, 5.74) is 7.91. The molecule has 7 heterocycles. The molecule has 0 spiro atoms. The van der Waals surface area contributed by atoms with Gasteiger partial charge in [0, 0.05) is 127 Å². The van der Waals surface area contributed by atoms with Crippen molar-refractivity contribution < 1.29 is 71.9 Å². The summed E-state index contributed by atoms with van der Waals surface area (Å²) in [5, 5.41) is 20.8. The molecule has 2 saturated heterocycles. The Morgan fingerprint density at radius 1 is 0.429 bits per heavy atom. The van der Waals surface area contributed by atoms with Crippen LogP contribution >= 0.6 is 104 Å². The molecule has 2 aromatic heterocycles. The number of cyclic esters (lactones) is 4. The number of benzene rings is 10. The third-order valence-electron chi connectivity index (χ3n) is 16.8. The van der Waals surface area contributed by atoms with Gasteiger partial charge in [0.15, 0.2) is 11.1 Å². The van der Waals surface area contributed by atoms with Crippen molar-refractivity contribution in [1.29, 1.82) is 0 Å². The Morgan fingerprint density at radius 2 is 0.786 bits per heavy atom. The second kappa shape index (κ2) is 30.0. The van der Waals surface area contributed by atoms with Crippen molar-refractivity contribution in [2.45, 2.75) is 91.6 Å². The number of aromatic nitrogens is 2. The number of halogens is 6. The lowest BCUT2D eigenvalue weighted by Crippen LogP contribution is -3.00. The maximum atomic E-state index is 12.3. The van der Waals surface area contributed by atoms with Gasteiger partial charge < -0.3 is 63.5 Å². The first-order valence-electron chi connectivity index (χ1n) is 31.4. The first-order valence-corrected chi connectivity index (χ1v) is 37.0. The number of hydrogen-bond donors (Lipinski definition) is 5. The van der Waals surface area contributed by atoms with Crippen LogP contribution in [0, 0.1) is 0 Å². The van der Waals surface area contributed by atoms with E-state index in [1.807, 2.05) is 103 Å². The fourth-order valence-corrected chi connectivity index (χ4v) is 15.7. The molecule has 500 valence electrons. The summed E-state index contributed by atoms with van der Waals surface area (Å²) >= 11 is 24.7. The smallest absolute Gasteiger partial charge is 0.351 e. The molecule has 12 aromatic rings. The largest absolute Gasteiger partial charge is 1.00 e. The van der Waals surface area contributed by atoms with Gasteiger partial charge in [-0.3, -0.25) is 4.79 Å². The van der Waals surface area contributed by atoms with Crippen molar-refractivity contribution in [3.05, 3.63) is 201 Å². The molecule has 0 radical (unpaired) electrons. The molecule has 0 bridgehead atoms. The molecule has 0 unspecified atom stereocenters. The van der Waals surface area contributed by atoms with Crippen LogP contribution in [0.5, 0.6) is 0 Å². The van der Waals surface area contributed by atoms with Crippen molar-refractivity contribution in [3.8, 4) is 0 Å². The molecule has 0 saturated carbocycles. The molecule has 0 atom stereocenters. The van der Waals surface area contributed by atoms with Crippen molar-refractivity contribution >= 4 is 247 Å². The minimum Gasteiger partial charge on any atom is -1.00 e. The number of rotatable bonds is 5. The van der Waals surface area contributed by atoms with Gasteiger partial charge in [-0.15, -0.1) is 0 Å². The highest BCUT2D eigenvalue weighted by molar-refractivity contribution is 9.11. The van der Waals surface area contributed by atoms with Gasteiger partial charge in [0.2, 0.25) is 10.7 Å². The topological polar surface area (TPSA) is 192 Å². The maximum absolute atomic E-state index is 12.3. The van der Waals surface area contributed by atoms with E-state index in [0.29, 0.717) is 10.7 Å². The summed E-state index contributed by atoms with van der Waals surface area (Å²) < 4.78 is 26.0. The normalized spacial score (nSPS) is 14.9. The third-order valence-corrected chi connectivity index (χ3v) is 21.3. The van der Waals surface area contributed by atoms with Crippen molar-refractivity contribution in [2.24, 2.45) is 0 Å². The summed E-state index contributed by atoms with van der Waals surface area (Å²) in [4.78, 5) is 71.4. The monoisotopic (exact) mass is 1770 g/mol. The van der Waals surface area contributed by atoms with E-state index in [4.69, 9.17) is 31.2 Å². The van der Waals surface area contributed by atoms with E-state index in [0.717, 1.165) is 104 Å². The van der Waals surface area contributed by atoms with Gasteiger partial charge >= 0.3 is 23.9 Å². The zero-order valence-electron chi connectivity index (χ0n) is 53.9. The Balaban J connectivity index is 0.000000122. The van der Waals surface area contributed by atoms with Crippen LogP contribution in [0.25, 0.3) is 86.8 Å². The van der Waals surface area contributed by atoms with Crippen molar-refractivity contribution in [2.75, 3.05) is 16.9 Å². The third kappa shape index (κ3) is 14.4. The first kappa shape index (κ1) is 72.2. The number of esters is 4. The number of hydrogen-bond acceptors (Lipinski definition) is 11. The molecule has 0 aliphatic carbocycles. The molecule has 10 aromatic carbocycles. The lowest BCUT2D eigenvalue weighted by atomic mass is 10.1. The summed E-state index contributed by atoms with van der Waals surface area (Å²) in [7, 11) is 0. The number of aromatic amines is 2. The van der Waals surface area contributed by atoms with Gasteiger partial charge in [-0.05, 0) is 94.5 Å². The lowest BCUT2D eigenvalue weighted by molar-refractivity contribution is -0.344. The fraction of sp³-hybridized carbons (Fsp3) is 0.197. The van der Waals surface area contributed by atoms with Crippen LogP contribution in [0.2, 0.25) is 0 Å². The highest BCUT2D eigenvalue weighted by Crippen LogP contribution is 2.40. The zero-order valence-corrected chi connectivity index (χ0v) is 65.7. The Bertz CT molecular complexity index is 5120. The van der Waals surface area contributed by atoms with Gasteiger partial charge in [0.05, 0.1) is 21.6 Å². The summed E-state index contributed by atoms with van der Waals surface area (Å²) in [5.74, 6) is -5.24. The van der Waals surface area contributed by atoms with E-state index in [-0.39, 0.29) is 41.0 Å². The molecule has 98 heavy (non-hydrogen) atoms. The van der Waals surface area contributed by atoms with E-state index in [2.05, 4.69) is 174 Å². The Kier molecular flexibility index (Phi) is 22.1. The number of thioether (sulfide) groups is 1. The summed E-state index contributed by atoms with van der Waals surface area (Å²) in [6.07, 6.45) is 10.6. The number of unbranched alkanes of at least 4 members (excludes halogenated alkanes) is 5. The first-order chi connectivity index (χ1) is 46.5. The predicted molar refractivity (Wildman–Crippen MR) is 412 cm³/mol. The number of amides is 1. The number of ether oxygens (including phenoxy) is 4. The van der Waals surface area contributed by atoms with E-state index in [1.54, 1.807) is 11.8 Å². The number of thiocarbonyl (C=S) groups is 1. The van der Waals surface area contributed by atoms with Gasteiger partial charge in [-0.1, -0.05) is 235 Å². The minimum atomic E-state index is -1.25. The summed E-state index contributed by atoms with van der Waals surface area (Å²) in [6.45, 7) is 10.6. The molecule has 5 aliphatic rings. The Hall–Kier alpha value is -7.03. The number of nitrogens with one attached hydrogen (secondary N) is 5. The molecular weight excluding hydrogens is 1720 g/mol. The van der Waals surface area contributed by atoms with Crippen LogP contribution in [-0.4, -0.2) is 67.6 Å². The predicted octanol–water partition coefficient (Wildman–Crippen LogP) is 15.3. The van der Waals surface area contributed by atoms with Crippen molar-refractivity contribution in [3.63, 3.8) is 0 Å². The Morgan fingerprint density at radius 3 is 1.22 bits per heavy atom. The standard InChI is InChI=1S/2C17H12BrNO4.C12H8BrNS.C11H6BrNO.C11H6BrNS.C8H18.HI/c2*1-17(2)22-15(20)13(16(21)23-17)14-9-5-3-4-8-10(18)6-7-11(19-14)12(8)9;1-15-12-8-4-2-3-7-9(13)5-6-10(14-12)11(7)8;2*12-8-4-5-9-10-6(8)2-1-3-7(10)11(14)13-9;1-3-5-7-8-6-4-2;/h2*3-7,19H,1-2H3;2-6H,1H3;2*1-5H,(H,13,14);3-8H2,1-2H3;1H. The van der Waals surface area contributed by atoms with Crippen LogP contribution in [0.1, 0.15) is 102 Å². The van der Waals surface area contributed by atoms with Gasteiger partial charge in [-0.2, -0.15) is 4.99 Å². The number of carbonyl (C=O) groups excluding carboxylic acids is 5. The average Bonchev–Trinajstić information content (AvgIpc) is 1.61. The van der Waals surface area contributed by atoms with Crippen LogP contribution in [0.3, 0.4) is 0 Å². The molecular formula is C76H63Br5IN5O9S2. The maximum Gasteiger partial charge on any atom is 0.351 e. The number of H-pyrrole nitrogens is 2. The van der Waals surface area contributed by atoms with Crippen LogP contribution in [0.15, 0.2) is 174 Å². The average molecular weight is 1780 g/mol. The van der Waals surface area contributed by atoms with Crippen LogP contribution < -0.4 is 50.3 Å². The highest BCUT2D eigenvalue weighted by atomic mass is 127. The molecule has 1 amide bonds. The van der Waals surface area contributed by atoms with Crippen molar-refractivity contribution in [1.82, 2.24) is 9.97 Å². The molecule has 2 fully saturated rings. The SMILES string of the molecule is CC1(C)OC(=O)C(=c2[nH]c3ccc(Br)c4cccc2c34)C(=O)O1.CC1(C)OC(=O)C(=c2[nH]c3ccc(Br)c4cccc2c34)C(=O)O1.CCCCCCCC.CSC1=[NH+]c2ccc(Br)c3cccc1c23.O=C1Nc2ccc(Br)c3cccc1c23.S=C1Nc2ccc(Br)c3cccc1c23.[I-].